The van der Waals surface area contributed by atoms with Crippen molar-refractivity contribution in [2.24, 2.45) is 11.8 Å². The second-order valence-corrected chi connectivity index (χ2v) is 8.21. The van der Waals surface area contributed by atoms with Crippen molar-refractivity contribution >= 4 is 17.6 Å². The fourth-order valence-corrected chi connectivity index (χ4v) is 3.43. The molecule has 0 aromatic carbocycles. The van der Waals surface area contributed by atoms with Crippen LogP contribution in [0, 0.1) is 11.8 Å². The Morgan fingerprint density at radius 1 is 0.966 bits per heavy atom. The highest BCUT2D eigenvalue weighted by atomic mass is 16.5. The van der Waals surface area contributed by atoms with Crippen LogP contribution in [0.1, 0.15) is 75.5 Å². The van der Waals surface area contributed by atoms with Crippen LogP contribution in [0.3, 0.4) is 0 Å². The number of hydrogen-bond donors (Lipinski definition) is 2. The topological polar surface area (TPSA) is 93.7 Å². The molecule has 1 aliphatic carbocycles. The van der Waals surface area contributed by atoms with Gasteiger partial charge in [0.25, 0.3) is 0 Å². The van der Waals surface area contributed by atoms with Gasteiger partial charge >= 0.3 is 0 Å². The van der Waals surface area contributed by atoms with E-state index in [1.54, 1.807) is 0 Å². The Balaban J connectivity index is 0. The molecule has 1 atom stereocenters. The third-order valence-corrected chi connectivity index (χ3v) is 5.42. The van der Waals surface area contributed by atoms with E-state index in [9.17, 15) is 14.4 Å². The fourth-order valence-electron chi connectivity index (χ4n) is 3.43. The first-order valence-corrected chi connectivity index (χ1v) is 11.1. The van der Waals surface area contributed by atoms with Crippen molar-refractivity contribution in [1.82, 2.24) is 10.6 Å². The molecule has 29 heavy (non-hydrogen) atoms. The van der Waals surface area contributed by atoms with E-state index in [1.165, 1.54) is 0 Å². The molecule has 1 unspecified atom stereocenters. The zero-order valence-corrected chi connectivity index (χ0v) is 18.6. The van der Waals surface area contributed by atoms with E-state index < -0.39 is 0 Å². The van der Waals surface area contributed by atoms with E-state index in [2.05, 4.69) is 10.6 Å². The van der Waals surface area contributed by atoms with Gasteiger partial charge in [-0.2, -0.15) is 0 Å². The Labute approximate surface area is 178 Å². The molecule has 172 valence electrons. The lowest BCUT2D eigenvalue weighted by molar-refractivity contribution is -0.127. The fraction of sp³-hybridized carbons (Fsp3) is 0.864. The van der Waals surface area contributed by atoms with Crippen molar-refractivity contribution in [1.29, 1.82) is 0 Å². The second-order valence-electron chi connectivity index (χ2n) is 8.21. The molecule has 1 aliphatic rings. The molecule has 0 saturated heterocycles. The van der Waals surface area contributed by atoms with E-state index in [1.807, 2.05) is 27.7 Å². The van der Waals surface area contributed by atoms with Crippen molar-refractivity contribution in [3.05, 3.63) is 0 Å². The van der Waals surface area contributed by atoms with Gasteiger partial charge in [0.05, 0.1) is 25.9 Å². The van der Waals surface area contributed by atoms with Crippen molar-refractivity contribution in [2.75, 3.05) is 26.4 Å². The monoisotopic (exact) mass is 416 g/mol. The average molecular weight is 417 g/mol. The molecule has 0 aromatic rings. The molecule has 1 rings (SSSR count). The SMILES string of the molecule is CCC(C)C(=O)C1CCC(NC(=O)CCOCCNC(=O)CCOC(C)C)CC1.[HH].[HH]. The van der Waals surface area contributed by atoms with Gasteiger partial charge in [0, 0.05) is 40.1 Å². The number of ketones is 1. The third kappa shape index (κ3) is 11.3. The number of ether oxygens (including phenoxy) is 2. The van der Waals surface area contributed by atoms with Gasteiger partial charge < -0.3 is 20.1 Å². The number of hydrogen-bond acceptors (Lipinski definition) is 5. The molecule has 1 fully saturated rings. The maximum absolute atomic E-state index is 12.3. The molecule has 7 nitrogen and oxygen atoms in total. The van der Waals surface area contributed by atoms with E-state index in [0.29, 0.717) is 45.0 Å². The molecule has 1 saturated carbocycles. The Bertz CT molecular complexity index is 512. The number of amides is 2. The van der Waals surface area contributed by atoms with Gasteiger partial charge in [-0.15, -0.1) is 0 Å². The van der Waals surface area contributed by atoms with Crippen LogP contribution in [0.25, 0.3) is 0 Å². The van der Waals surface area contributed by atoms with Crippen molar-refractivity contribution in [3.63, 3.8) is 0 Å². The summed E-state index contributed by atoms with van der Waals surface area (Å²) in [4.78, 5) is 35.9. The minimum atomic E-state index is -0.0607. The maximum atomic E-state index is 12.3. The van der Waals surface area contributed by atoms with Crippen LogP contribution in [-0.2, 0) is 23.9 Å². The predicted octanol–water partition coefficient (Wildman–Crippen LogP) is 3.11. The predicted molar refractivity (Wildman–Crippen MR) is 117 cm³/mol. The van der Waals surface area contributed by atoms with Gasteiger partial charge in [-0.1, -0.05) is 13.8 Å². The number of carbonyl (C=O) groups is 3. The van der Waals surface area contributed by atoms with Gasteiger partial charge in [0.15, 0.2) is 0 Å². The van der Waals surface area contributed by atoms with Crippen LogP contribution in [-0.4, -0.2) is 56.1 Å². The van der Waals surface area contributed by atoms with Crippen LogP contribution in [0.2, 0.25) is 0 Å². The summed E-state index contributed by atoms with van der Waals surface area (Å²) in [6.45, 7) is 9.47. The molecule has 0 aromatic heterocycles. The number of carbonyl (C=O) groups excluding carboxylic acids is 3. The first kappa shape index (κ1) is 25.6. The van der Waals surface area contributed by atoms with Crippen LogP contribution >= 0.6 is 0 Å². The molecule has 0 spiro atoms. The highest BCUT2D eigenvalue weighted by Gasteiger charge is 2.28. The van der Waals surface area contributed by atoms with Crippen LogP contribution in [0.5, 0.6) is 0 Å². The first-order chi connectivity index (χ1) is 13.8. The summed E-state index contributed by atoms with van der Waals surface area (Å²) in [5, 5.41) is 5.81. The van der Waals surface area contributed by atoms with Gasteiger partial charge in [-0.05, 0) is 46.0 Å². The molecule has 0 bridgehead atoms. The Hall–Kier alpha value is -1.47. The lowest BCUT2D eigenvalue weighted by Crippen LogP contribution is -2.39. The lowest BCUT2D eigenvalue weighted by atomic mass is 9.79. The number of Topliss-reactive ketones (excluding diaryl/α,β-unsaturated/α-hetero) is 1. The summed E-state index contributed by atoms with van der Waals surface area (Å²) in [6, 6.07) is 0.163. The van der Waals surface area contributed by atoms with E-state index >= 15 is 0 Å². The van der Waals surface area contributed by atoms with E-state index in [0.717, 1.165) is 32.1 Å². The zero-order chi connectivity index (χ0) is 21.6. The summed E-state index contributed by atoms with van der Waals surface area (Å²) in [6.07, 6.45) is 5.13. The molecule has 2 N–H and O–H groups in total. The Morgan fingerprint density at radius 2 is 1.62 bits per heavy atom. The van der Waals surface area contributed by atoms with Gasteiger partial charge in [0.1, 0.15) is 5.78 Å². The van der Waals surface area contributed by atoms with Gasteiger partial charge in [-0.25, -0.2) is 0 Å². The molecule has 0 heterocycles. The zero-order valence-electron chi connectivity index (χ0n) is 18.6. The van der Waals surface area contributed by atoms with Crippen LogP contribution in [0.4, 0.5) is 0 Å². The highest BCUT2D eigenvalue weighted by molar-refractivity contribution is 5.83. The summed E-state index contributed by atoms with van der Waals surface area (Å²) in [5.74, 6) is 0.603. The molecule has 2 amide bonds. The second kappa shape index (κ2) is 14.5. The molecule has 0 aliphatic heterocycles. The Kier molecular flexibility index (Phi) is 12.8. The van der Waals surface area contributed by atoms with Crippen molar-refractivity contribution in [2.45, 2.75) is 84.8 Å². The Morgan fingerprint density at radius 3 is 2.24 bits per heavy atom. The summed E-state index contributed by atoms with van der Waals surface area (Å²) >= 11 is 0. The first-order valence-electron chi connectivity index (χ1n) is 11.1. The van der Waals surface area contributed by atoms with Crippen LogP contribution in [0.15, 0.2) is 0 Å². The minimum Gasteiger partial charge on any atom is -0.379 e. The third-order valence-electron chi connectivity index (χ3n) is 5.42. The lowest BCUT2D eigenvalue weighted by Gasteiger charge is -2.29. The van der Waals surface area contributed by atoms with E-state index in [-0.39, 0.29) is 38.6 Å². The maximum Gasteiger partial charge on any atom is 0.222 e. The quantitative estimate of drug-likeness (QED) is 0.424. The largest absolute Gasteiger partial charge is 0.379 e. The molecule has 7 heteroatoms. The normalized spacial score (nSPS) is 20.3. The summed E-state index contributed by atoms with van der Waals surface area (Å²) < 4.78 is 10.7. The smallest absolute Gasteiger partial charge is 0.222 e. The van der Waals surface area contributed by atoms with Crippen molar-refractivity contribution in [3.8, 4) is 0 Å². The minimum absolute atomic E-state index is 0. The van der Waals surface area contributed by atoms with Gasteiger partial charge in [0.2, 0.25) is 11.8 Å². The van der Waals surface area contributed by atoms with Gasteiger partial charge in [-0.3, -0.25) is 14.4 Å². The summed E-state index contributed by atoms with van der Waals surface area (Å²) in [7, 11) is 0. The van der Waals surface area contributed by atoms with E-state index in [4.69, 9.17) is 9.47 Å². The number of nitrogens with one attached hydrogen (secondary N) is 2. The summed E-state index contributed by atoms with van der Waals surface area (Å²) in [5.41, 5.74) is 0. The molecule has 0 radical (unpaired) electrons. The average Bonchev–Trinajstić information content (AvgIpc) is 2.69. The molecular weight excluding hydrogens is 372 g/mol. The standard InChI is InChI=1S/C22H40N2O5.2H2/c1-5-17(4)22(27)18-6-8-19(9-7-18)24-21(26)10-13-28-15-12-23-20(25)11-14-29-16(2)3;;/h16-19H,5-15H2,1-4H3,(H,23,25)(H,24,26);2*1H. The molecular formula is C22H44N2O5. The van der Waals surface area contributed by atoms with Crippen LogP contribution < -0.4 is 10.6 Å². The number of rotatable bonds is 14. The van der Waals surface area contributed by atoms with Crippen molar-refractivity contribution < 1.29 is 26.7 Å². The highest BCUT2D eigenvalue weighted by Crippen LogP contribution is 2.28.